The first-order valence-electron chi connectivity index (χ1n) is 18.2. The molecule has 1 unspecified atom stereocenters. The van der Waals surface area contributed by atoms with Crippen molar-refractivity contribution in [3.63, 3.8) is 0 Å². The van der Waals surface area contributed by atoms with Gasteiger partial charge in [0.05, 0.1) is 26.3 Å². The number of nitrogens with zero attached hydrogens (tertiary/aromatic N) is 2. The molecule has 0 aromatic heterocycles. The zero-order valence-electron chi connectivity index (χ0n) is 31.7. The van der Waals surface area contributed by atoms with Crippen LogP contribution in [-0.4, -0.2) is 87.6 Å². The minimum Gasteiger partial charge on any atom is -0.496 e. The van der Waals surface area contributed by atoms with Crippen molar-refractivity contribution in [1.29, 1.82) is 0 Å². The van der Waals surface area contributed by atoms with Gasteiger partial charge in [-0.1, -0.05) is 64.5 Å². The van der Waals surface area contributed by atoms with Crippen molar-refractivity contribution in [3.05, 3.63) is 59.2 Å². The number of nitrogens with one attached hydrogen (secondary N) is 3. The first-order valence-corrected chi connectivity index (χ1v) is 18.2. The number of aliphatic hydroxyl groups excluding tert-OH is 1. The van der Waals surface area contributed by atoms with Crippen LogP contribution in [0.2, 0.25) is 0 Å². The largest absolute Gasteiger partial charge is 0.496 e. The van der Waals surface area contributed by atoms with Gasteiger partial charge in [-0.15, -0.1) is 0 Å². The fourth-order valence-electron chi connectivity index (χ4n) is 8.31. The topological polar surface area (TPSA) is 115 Å². The molecule has 10 nitrogen and oxygen atoms in total. The summed E-state index contributed by atoms with van der Waals surface area (Å²) in [5.74, 6) is 1.44. The number of aliphatic hydroxyl groups is 1. The standard InChI is InChI=1S/C40H59N5O5/c1-23(2)14-15-42-25(4)35-34(22-46)50-45(36(35)39(48)43-33-20-29-19-32(24(33)3)40(29,5)6)21-26-12-11-13-31(37(26)49-10)27-16-28(38(47)41-7)18-30(17-27)44(8)9/h11-13,16-18,20,23-25,32-36,42,46H,14-15,19,21-22H2,1-10H3,(H,41,47)(H,43,48)/t24-,25?,32-,33-,34-,35+,36-/m0/s1. The molecule has 50 heavy (non-hydrogen) atoms. The van der Waals surface area contributed by atoms with E-state index in [1.54, 1.807) is 19.2 Å². The van der Waals surface area contributed by atoms with Crippen LogP contribution in [0, 0.1) is 29.1 Å². The maximum Gasteiger partial charge on any atom is 0.251 e. The minimum atomic E-state index is -0.657. The number of carbonyl (C=O) groups is 2. The number of allylic oxidation sites excluding steroid dienone is 1. The van der Waals surface area contributed by atoms with Gasteiger partial charge < -0.3 is 30.7 Å². The molecule has 7 atom stereocenters. The van der Waals surface area contributed by atoms with Crippen LogP contribution in [0.1, 0.15) is 70.3 Å². The van der Waals surface area contributed by atoms with Gasteiger partial charge in [0.1, 0.15) is 17.9 Å². The lowest BCUT2D eigenvalue weighted by Gasteiger charge is -2.56. The highest BCUT2D eigenvalue weighted by atomic mass is 16.7. The molecule has 10 heteroatoms. The van der Waals surface area contributed by atoms with Gasteiger partial charge in [-0.3, -0.25) is 14.4 Å². The molecule has 0 spiro atoms. The van der Waals surface area contributed by atoms with Crippen LogP contribution in [0.4, 0.5) is 5.69 Å². The van der Waals surface area contributed by atoms with Crippen molar-refractivity contribution >= 4 is 17.5 Å². The maximum atomic E-state index is 14.5. The Bertz CT molecular complexity index is 1570. The number of anilines is 1. The predicted octanol–water partition coefficient (Wildman–Crippen LogP) is 5.01. The van der Waals surface area contributed by atoms with Gasteiger partial charge in [-0.05, 0) is 73.2 Å². The molecule has 2 aromatic rings. The van der Waals surface area contributed by atoms with E-state index in [4.69, 9.17) is 9.57 Å². The van der Waals surface area contributed by atoms with Gasteiger partial charge >= 0.3 is 0 Å². The van der Waals surface area contributed by atoms with Crippen LogP contribution >= 0.6 is 0 Å². The van der Waals surface area contributed by atoms with Crippen molar-refractivity contribution < 1.29 is 24.3 Å². The number of carbonyl (C=O) groups excluding carboxylic acids is 2. The summed E-state index contributed by atoms with van der Waals surface area (Å²) in [4.78, 5) is 35.7. The highest BCUT2D eigenvalue weighted by Gasteiger charge is 2.53. The highest BCUT2D eigenvalue weighted by molar-refractivity contribution is 5.97. The minimum absolute atomic E-state index is 0.0551. The first kappa shape index (κ1) is 37.8. The normalized spacial score (nSPS) is 26.2. The molecule has 1 saturated heterocycles. The van der Waals surface area contributed by atoms with Gasteiger partial charge in [0, 0.05) is 55.5 Å². The molecule has 6 rings (SSSR count). The Morgan fingerprint density at radius 2 is 1.90 bits per heavy atom. The Morgan fingerprint density at radius 1 is 1.16 bits per heavy atom. The second kappa shape index (κ2) is 15.4. The molecule has 1 heterocycles. The van der Waals surface area contributed by atoms with E-state index in [-0.39, 0.29) is 48.4 Å². The maximum absolute atomic E-state index is 14.5. The third kappa shape index (κ3) is 7.45. The van der Waals surface area contributed by atoms with E-state index in [2.05, 4.69) is 63.6 Å². The number of benzene rings is 2. The van der Waals surface area contributed by atoms with E-state index in [1.807, 2.05) is 55.4 Å². The van der Waals surface area contributed by atoms with Gasteiger partial charge in [0.15, 0.2) is 0 Å². The summed E-state index contributed by atoms with van der Waals surface area (Å²) in [5, 5.41) is 22.2. The van der Waals surface area contributed by atoms with Crippen LogP contribution < -0.4 is 25.6 Å². The number of hydroxylamine groups is 2. The van der Waals surface area contributed by atoms with Crippen LogP contribution in [0.25, 0.3) is 11.1 Å². The first-order chi connectivity index (χ1) is 23.7. The number of hydrogen-bond donors (Lipinski definition) is 4. The number of fused-ring (bicyclic) bond motifs is 2. The van der Waals surface area contributed by atoms with E-state index in [0.717, 1.165) is 41.8 Å². The van der Waals surface area contributed by atoms with E-state index < -0.39 is 12.1 Å². The summed E-state index contributed by atoms with van der Waals surface area (Å²) < 4.78 is 6.07. The molecule has 274 valence electrons. The molecule has 4 aliphatic rings. The number of rotatable bonds is 14. The Morgan fingerprint density at radius 3 is 2.50 bits per heavy atom. The summed E-state index contributed by atoms with van der Waals surface area (Å²) >= 11 is 0. The zero-order chi connectivity index (χ0) is 36.5. The molecule has 0 radical (unpaired) electrons. The van der Waals surface area contributed by atoms with E-state index >= 15 is 0 Å². The van der Waals surface area contributed by atoms with Crippen molar-refractivity contribution in [3.8, 4) is 16.9 Å². The quantitative estimate of drug-likeness (QED) is 0.205. The zero-order valence-corrected chi connectivity index (χ0v) is 31.7. The van der Waals surface area contributed by atoms with Gasteiger partial charge in [0.25, 0.3) is 5.91 Å². The van der Waals surface area contributed by atoms with Crippen LogP contribution in [0.5, 0.6) is 5.75 Å². The van der Waals surface area contributed by atoms with E-state index in [9.17, 15) is 14.7 Å². The van der Waals surface area contributed by atoms with Crippen LogP contribution in [0.15, 0.2) is 48.0 Å². The Labute approximate surface area is 298 Å². The Kier molecular flexibility index (Phi) is 11.7. The fraction of sp³-hybridized carbons (Fsp3) is 0.600. The van der Waals surface area contributed by atoms with Crippen LogP contribution in [0.3, 0.4) is 0 Å². The summed E-state index contributed by atoms with van der Waals surface area (Å²) in [5.41, 5.74) is 5.50. The molecule has 2 fully saturated rings. The summed E-state index contributed by atoms with van der Waals surface area (Å²) in [6.45, 7) is 14.2. The number of para-hydroxylation sites is 1. The molecule has 2 amide bonds. The van der Waals surface area contributed by atoms with Crippen molar-refractivity contribution in [2.45, 2.75) is 85.2 Å². The summed E-state index contributed by atoms with van der Waals surface area (Å²) in [6.07, 6.45) is 3.81. The molecular weight excluding hydrogens is 630 g/mol. The molecule has 2 bridgehead atoms. The number of ether oxygens (including phenoxy) is 1. The van der Waals surface area contributed by atoms with Crippen molar-refractivity contribution in [2.24, 2.45) is 29.1 Å². The predicted molar refractivity (Wildman–Crippen MR) is 199 cm³/mol. The summed E-state index contributed by atoms with van der Waals surface area (Å²) in [7, 11) is 7.14. The molecular formula is C40H59N5O5. The number of amides is 2. The molecule has 2 aromatic carbocycles. The SMILES string of the molecule is CNC(=O)c1cc(-c2cccc(CN3O[C@@H](CO)[C@@H](C(C)NCCC(C)C)[C@H]3C(=O)N[C@H]3C=C4C[C@@H]([C@@H]3C)C4(C)C)c2OC)cc(N(C)C)c1. The van der Waals surface area contributed by atoms with Gasteiger partial charge in [-0.25, -0.2) is 0 Å². The van der Waals surface area contributed by atoms with Crippen molar-refractivity contribution in [2.75, 3.05) is 46.3 Å². The third-order valence-electron chi connectivity index (χ3n) is 11.5. The molecule has 3 aliphatic carbocycles. The monoisotopic (exact) mass is 689 g/mol. The average Bonchev–Trinajstić information content (AvgIpc) is 3.46. The Hall–Kier alpha value is -3.44. The lowest BCUT2D eigenvalue weighted by atomic mass is 9.50. The molecule has 1 saturated carbocycles. The second-order valence-corrected chi connectivity index (χ2v) is 15.7. The van der Waals surface area contributed by atoms with E-state index in [1.165, 1.54) is 5.57 Å². The lowest BCUT2D eigenvalue weighted by Crippen LogP contribution is -2.58. The summed E-state index contributed by atoms with van der Waals surface area (Å²) in [6, 6.07) is 10.9. The third-order valence-corrected chi connectivity index (χ3v) is 11.5. The van der Waals surface area contributed by atoms with Gasteiger partial charge in [-0.2, -0.15) is 5.06 Å². The number of hydrogen-bond acceptors (Lipinski definition) is 8. The number of methoxy groups -OCH3 is 1. The van der Waals surface area contributed by atoms with E-state index in [0.29, 0.717) is 29.1 Å². The Balaban J connectivity index is 1.50. The molecule has 1 aliphatic heterocycles. The van der Waals surface area contributed by atoms with Gasteiger partial charge in [0.2, 0.25) is 5.91 Å². The average molecular weight is 690 g/mol. The lowest BCUT2D eigenvalue weighted by molar-refractivity contribution is -0.182. The second-order valence-electron chi connectivity index (χ2n) is 15.7. The smallest absolute Gasteiger partial charge is 0.251 e. The fourth-order valence-corrected chi connectivity index (χ4v) is 8.31. The van der Waals surface area contributed by atoms with Crippen molar-refractivity contribution in [1.82, 2.24) is 21.0 Å². The molecule has 4 N–H and O–H groups in total. The highest BCUT2D eigenvalue weighted by Crippen LogP contribution is 2.58. The van der Waals surface area contributed by atoms with Crippen LogP contribution in [-0.2, 0) is 16.2 Å².